The number of amides is 3. The maximum Gasteiger partial charge on any atom is 0.417 e. The molecule has 1 aromatic carbocycles. The molecule has 2 aromatic rings. The number of carbonyl (C=O) groups excluding carboxylic acids is 2. The highest BCUT2D eigenvalue weighted by molar-refractivity contribution is 6.31. The van der Waals surface area contributed by atoms with E-state index in [1.807, 2.05) is 0 Å². The number of likely N-dealkylation sites (N-methyl/N-ethyl adjacent to an activating group) is 1. The molecule has 3 amide bonds. The highest BCUT2D eigenvalue weighted by atomic mass is 35.5. The summed E-state index contributed by atoms with van der Waals surface area (Å²) < 4.78 is 56.5. The Hall–Kier alpha value is -3.12. The molecule has 0 unspecified atom stereocenters. The van der Waals surface area contributed by atoms with Crippen LogP contribution in [0.5, 0.6) is 0 Å². The van der Waals surface area contributed by atoms with E-state index < -0.39 is 35.7 Å². The van der Waals surface area contributed by atoms with Gasteiger partial charge in [-0.3, -0.25) is 5.32 Å². The topological polar surface area (TPSA) is 110 Å². The van der Waals surface area contributed by atoms with Gasteiger partial charge in [0.05, 0.1) is 16.6 Å². The maximum atomic E-state index is 13.6. The second-order valence-corrected chi connectivity index (χ2v) is 7.60. The Balaban J connectivity index is 1.92. The van der Waals surface area contributed by atoms with Crippen molar-refractivity contribution >= 4 is 29.5 Å². The van der Waals surface area contributed by atoms with Crippen molar-refractivity contribution in [2.24, 2.45) is 5.73 Å². The summed E-state index contributed by atoms with van der Waals surface area (Å²) in [5, 5.41) is 4.74. The van der Waals surface area contributed by atoms with Gasteiger partial charge in [0, 0.05) is 19.8 Å². The fourth-order valence-electron chi connectivity index (χ4n) is 2.84. The molecule has 0 saturated heterocycles. The number of urea groups is 1. The molecular formula is C21H24ClF4N5O3. The molecule has 8 nitrogen and oxygen atoms in total. The Labute approximate surface area is 198 Å². The molecule has 186 valence electrons. The lowest BCUT2D eigenvalue weighted by atomic mass is 10.1. The average Bonchev–Trinajstić information content (AvgIpc) is 2.79. The summed E-state index contributed by atoms with van der Waals surface area (Å²) in [6.45, 7) is 0.105. The molecule has 0 saturated carbocycles. The summed E-state index contributed by atoms with van der Waals surface area (Å²) in [6.07, 6.45) is -3.97. The third-order valence-corrected chi connectivity index (χ3v) is 5.22. The third kappa shape index (κ3) is 8.03. The van der Waals surface area contributed by atoms with Gasteiger partial charge in [-0.1, -0.05) is 23.7 Å². The summed E-state index contributed by atoms with van der Waals surface area (Å²) in [6, 6.07) is 4.93. The van der Waals surface area contributed by atoms with Crippen LogP contribution in [0.25, 0.3) is 0 Å². The van der Waals surface area contributed by atoms with Gasteiger partial charge in [0.15, 0.2) is 0 Å². The number of halogens is 5. The van der Waals surface area contributed by atoms with Crippen molar-refractivity contribution in [3.8, 4) is 0 Å². The van der Waals surface area contributed by atoms with Gasteiger partial charge < -0.3 is 20.7 Å². The Bertz CT molecular complexity index is 976. The first-order valence-electron chi connectivity index (χ1n) is 10.1. The van der Waals surface area contributed by atoms with Gasteiger partial charge in [-0.05, 0) is 43.1 Å². The van der Waals surface area contributed by atoms with Gasteiger partial charge in [0.2, 0.25) is 0 Å². The van der Waals surface area contributed by atoms with Crippen molar-refractivity contribution in [2.75, 3.05) is 25.5 Å². The number of alkyl halides is 3. The number of hydrogen-bond donors (Lipinski definition) is 3. The number of aromatic nitrogens is 1. The normalized spacial score (nSPS) is 12.1. The predicted octanol–water partition coefficient (Wildman–Crippen LogP) is 4.39. The second kappa shape index (κ2) is 12.4. The minimum Gasteiger partial charge on any atom is -0.447 e. The SMILES string of the molecule is CN(C(=O)NCc1cccc(F)c1Cl)[C@@H](CCCN)COC(=O)Nc1ccc(C(F)(F)F)cn1. The van der Waals surface area contributed by atoms with E-state index in [0.717, 1.165) is 12.1 Å². The second-order valence-electron chi connectivity index (χ2n) is 7.22. The molecule has 0 fully saturated rings. The van der Waals surface area contributed by atoms with Gasteiger partial charge in [-0.25, -0.2) is 19.0 Å². The van der Waals surface area contributed by atoms with Gasteiger partial charge in [0.25, 0.3) is 0 Å². The van der Waals surface area contributed by atoms with E-state index in [-0.39, 0.29) is 24.0 Å². The third-order valence-electron chi connectivity index (χ3n) is 4.80. The van der Waals surface area contributed by atoms with E-state index in [1.165, 1.54) is 24.1 Å². The highest BCUT2D eigenvalue weighted by Crippen LogP contribution is 2.28. The van der Waals surface area contributed by atoms with Crippen molar-refractivity contribution < 1.29 is 31.9 Å². The highest BCUT2D eigenvalue weighted by Gasteiger charge is 2.30. The predicted molar refractivity (Wildman–Crippen MR) is 118 cm³/mol. The molecule has 0 radical (unpaired) electrons. The number of carbonyl (C=O) groups is 2. The van der Waals surface area contributed by atoms with Crippen LogP contribution in [0, 0.1) is 5.82 Å². The number of nitrogens with two attached hydrogens (primary N) is 1. The Morgan fingerprint density at radius 2 is 2.00 bits per heavy atom. The van der Waals surface area contributed by atoms with Crippen molar-refractivity contribution in [3.05, 3.63) is 58.5 Å². The molecule has 0 spiro atoms. The lowest BCUT2D eigenvalue weighted by molar-refractivity contribution is -0.137. The lowest BCUT2D eigenvalue weighted by Crippen LogP contribution is -2.46. The monoisotopic (exact) mass is 505 g/mol. The number of pyridine rings is 1. The Morgan fingerprint density at radius 3 is 2.62 bits per heavy atom. The van der Waals surface area contributed by atoms with Crippen molar-refractivity contribution in [2.45, 2.75) is 31.6 Å². The first-order chi connectivity index (χ1) is 16.0. The molecule has 34 heavy (non-hydrogen) atoms. The van der Waals surface area contributed by atoms with Crippen molar-refractivity contribution in [1.82, 2.24) is 15.2 Å². The maximum absolute atomic E-state index is 13.6. The Morgan fingerprint density at radius 1 is 1.26 bits per heavy atom. The average molecular weight is 506 g/mol. The van der Waals surface area contributed by atoms with Crippen molar-refractivity contribution in [3.63, 3.8) is 0 Å². The molecule has 0 aliphatic heterocycles. The molecule has 0 aliphatic rings. The molecule has 13 heteroatoms. The minimum absolute atomic E-state index is 0.0235. The fourth-order valence-corrected chi connectivity index (χ4v) is 3.03. The number of nitrogens with zero attached hydrogens (tertiary/aromatic N) is 2. The number of benzene rings is 1. The van der Waals surface area contributed by atoms with Crippen LogP contribution in [-0.2, 0) is 17.5 Å². The summed E-state index contributed by atoms with van der Waals surface area (Å²) in [5.74, 6) is -0.737. The first kappa shape index (κ1) is 27.1. The van der Waals surface area contributed by atoms with Gasteiger partial charge in [-0.15, -0.1) is 0 Å². The van der Waals surface area contributed by atoms with Gasteiger partial charge >= 0.3 is 18.3 Å². The minimum atomic E-state index is -4.55. The fraction of sp³-hybridized carbons (Fsp3) is 0.381. The standard InChI is InChI=1S/C21H24ClF4N5O3/c1-31(19(32)29-10-13-4-2-6-16(23)18(13)22)15(5-3-9-27)12-34-20(33)30-17-8-7-14(11-28-17)21(24,25)26/h2,4,6-8,11,15H,3,5,9-10,12,27H2,1H3,(H,29,32)(H,28,30,33)/t15-/m0/s1. The summed E-state index contributed by atoms with van der Waals surface area (Å²) in [5.41, 5.74) is 4.97. The van der Waals surface area contributed by atoms with E-state index in [2.05, 4.69) is 15.6 Å². The molecular weight excluding hydrogens is 482 g/mol. The van der Waals surface area contributed by atoms with Crippen LogP contribution >= 0.6 is 11.6 Å². The number of rotatable bonds is 9. The largest absolute Gasteiger partial charge is 0.447 e. The molecule has 4 N–H and O–H groups in total. The van der Waals surface area contributed by atoms with Crippen LogP contribution in [-0.4, -0.2) is 48.2 Å². The van der Waals surface area contributed by atoms with Gasteiger partial charge in [-0.2, -0.15) is 13.2 Å². The van der Waals surface area contributed by atoms with E-state index in [9.17, 15) is 27.2 Å². The van der Waals surface area contributed by atoms with Crippen LogP contribution < -0.4 is 16.4 Å². The summed E-state index contributed by atoms with van der Waals surface area (Å²) in [7, 11) is 1.49. The van der Waals surface area contributed by atoms with Crippen LogP contribution in [0.1, 0.15) is 24.0 Å². The summed E-state index contributed by atoms with van der Waals surface area (Å²) >= 11 is 5.89. The first-order valence-corrected chi connectivity index (χ1v) is 10.5. The van der Waals surface area contributed by atoms with Crippen LogP contribution in [0.4, 0.5) is 33.0 Å². The Kier molecular flexibility index (Phi) is 9.87. The quantitative estimate of drug-likeness (QED) is 0.438. The zero-order valence-corrected chi connectivity index (χ0v) is 18.9. The molecule has 1 heterocycles. The number of hydrogen-bond acceptors (Lipinski definition) is 5. The number of anilines is 1. The van der Waals surface area contributed by atoms with Crippen LogP contribution in [0.3, 0.4) is 0 Å². The molecule has 0 aliphatic carbocycles. The summed E-state index contributed by atoms with van der Waals surface area (Å²) in [4.78, 5) is 29.5. The molecule has 1 aromatic heterocycles. The smallest absolute Gasteiger partial charge is 0.417 e. The molecule has 1 atom stereocenters. The van der Waals surface area contributed by atoms with Crippen LogP contribution in [0.15, 0.2) is 36.5 Å². The zero-order valence-electron chi connectivity index (χ0n) is 18.2. The molecule has 2 rings (SSSR count). The zero-order chi connectivity index (χ0) is 25.3. The van der Waals surface area contributed by atoms with E-state index in [1.54, 1.807) is 6.07 Å². The van der Waals surface area contributed by atoms with Gasteiger partial charge in [0.1, 0.15) is 18.2 Å². The lowest BCUT2D eigenvalue weighted by Gasteiger charge is -2.28. The number of nitrogens with one attached hydrogen (secondary N) is 2. The van der Waals surface area contributed by atoms with E-state index in [4.69, 9.17) is 22.1 Å². The van der Waals surface area contributed by atoms with E-state index >= 15 is 0 Å². The molecule has 0 bridgehead atoms. The van der Waals surface area contributed by atoms with Crippen LogP contribution in [0.2, 0.25) is 5.02 Å². The number of ether oxygens (including phenoxy) is 1. The van der Waals surface area contributed by atoms with E-state index in [0.29, 0.717) is 31.1 Å². The van der Waals surface area contributed by atoms with Crippen molar-refractivity contribution in [1.29, 1.82) is 0 Å².